The number of pyridine rings is 1. The normalized spacial score (nSPS) is 14.7. The second kappa shape index (κ2) is 11.5. The first-order chi connectivity index (χ1) is 17.7. The molecule has 0 saturated carbocycles. The molecule has 0 radical (unpaired) electrons. The summed E-state index contributed by atoms with van der Waals surface area (Å²) in [5.74, 6) is 1.50. The van der Waals surface area contributed by atoms with Crippen LogP contribution in [-0.2, 0) is 6.54 Å². The smallest absolute Gasteiger partial charge is 0.213 e. The van der Waals surface area contributed by atoms with Crippen LogP contribution in [0.3, 0.4) is 0 Å². The number of hydrogen-bond donors (Lipinski definition) is 1. The summed E-state index contributed by atoms with van der Waals surface area (Å²) < 4.78 is 11.5. The summed E-state index contributed by atoms with van der Waals surface area (Å²) in [5.41, 5.74) is 4.56. The van der Waals surface area contributed by atoms with E-state index in [1.165, 1.54) is 47.8 Å². The molecular formula is C31H35N3O2. The van der Waals surface area contributed by atoms with Crippen molar-refractivity contribution in [3.8, 4) is 22.8 Å². The largest absolute Gasteiger partial charge is 0.496 e. The fourth-order valence-corrected chi connectivity index (χ4v) is 5.01. The van der Waals surface area contributed by atoms with Gasteiger partial charge in [-0.1, -0.05) is 48.5 Å². The molecule has 1 N–H and O–H groups in total. The van der Waals surface area contributed by atoms with Crippen LogP contribution in [0.4, 0.5) is 0 Å². The van der Waals surface area contributed by atoms with Crippen LogP contribution in [0, 0.1) is 0 Å². The van der Waals surface area contributed by atoms with Crippen LogP contribution in [0.25, 0.3) is 21.9 Å². The van der Waals surface area contributed by atoms with Gasteiger partial charge in [0.25, 0.3) is 0 Å². The quantitative estimate of drug-likeness (QED) is 0.291. The van der Waals surface area contributed by atoms with E-state index in [0.717, 1.165) is 30.0 Å². The zero-order valence-corrected chi connectivity index (χ0v) is 21.2. The molecule has 0 aliphatic carbocycles. The standard InChI is InChI=1S/C31H35N3O2/c1-23(27-11-7-9-25-8-3-4-10-28(25)27)32-21-24-12-14-30(35-2)29(20-24)26-13-15-31(33-22-26)36-19-18-34-16-5-6-17-34/h3-4,7-15,20,22-23,32H,5-6,16-19,21H2,1-2H3/t23-/m1/s1. The molecule has 3 aromatic carbocycles. The second-order valence-electron chi connectivity index (χ2n) is 9.49. The van der Waals surface area contributed by atoms with E-state index in [4.69, 9.17) is 9.47 Å². The number of likely N-dealkylation sites (tertiary alicyclic amines) is 1. The van der Waals surface area contributed by atoms with E-state index in [1.54, 1.807) is 7.11 Å². The molecule has 36 heavy (non-hydrogen) atoms. The predicted molar refractivity (Wildman–Crippen MR) is 147 cm³/mol. The Morgan fingerprint density at radius 2 is 1.81 bits per heavy atom. The third kappa shape index (κ3) is 5.69. The van der Waals surface area contributed by atoms with Gasteiger partial charge in [-0.2, -0.15) is 0 Å². The lowest BCUT2D eigenvalue weighted by atomic mass is 9.99. The van der Waals surface area contributed by atoms with Crippen molar-refractivity contribution in [3.63, 3.8) is 0 Å². The summed E-state index contributed by atoms with van der Waals surface area (Å²) in [6.07, 6.45) is 4.47. The highest BCUT2D eigenvalue weighted by Crippen LogP contribution is 2.32. The van der Waals surface area contributed by atoms with Gasteiger partial charge in [0.1, 0.15) is 12.4 Å². The molecular weight excluding hydrogens is 446 g/mol. The topological polar surface area (TPSA) is 46.6 Å². The number of aromatic nitrogens is 1. The zero-order valence-electron chi connectivity index (χ0n) is 21.2. The van der Waals surface area contributed by atoms with Crippen molar-refractivity contribution in [2.24, 2.45) is 0 Å². The number of nitrogens with zero attached hydrogens (tertiary/aromatic N) is 2. The van der Waals surface area contributed by atoms with Gasteiger partial charge in [-0.05, 0) is 73.0 Å². The Bertz CT molecular complexity index is 1280. The average Bonchev–Trinajstić information content (AvgIpc) is 3.45. The van der Waals surface area contributed by atoms with E-state index in [0.29, 0.717) is 12.5 Å². The van der Waals surface area contributed by atoms with Gasteiger partial charge in [0, 0.05) is 42.5 Å². The van der Waals surface area contributed by atoms with Gasteiger partial charge in [-0.25, -0.2) is 4.98 Å². The number of fused-ring (bicyclic) bond motifs is 1. The number of ether oxygens (including phenoxy) is 2. The molecule has 2 heterocycles. The molecule has 0 bridgehead atoms. The monoisotopic (exact) mass is 481 g/mol. The van der Waals surface area contributed by atoms with Crippen LogP contribution < -0.4 is 14.8 Å². The Balaban J connectivity index is 1.25. The van der Waals surface area contributed by atoms with Crippen molar-refractivity contribution in [1.82, 2.24) is 15.2 Å². The second-order valence-corrected chi connectivity index (χ2v) is 9.49. The Labute approximate surface area is 214 Å². The van der Waals surface area contributed by atoms with Gasteiger partial charge >= 0.3 is 0 Å². The van der Waals surface area contributed by atoms with Crippen molar-refractivity contribution < 1.29 is 9.47 Å². The molecule has 5 heteroatoms. The zero-order chi connectivity index (χ0) is 24.7. The van der Waals surface area contributed by atoms with Crippen LogP contribution in [0.15, 0.2) is 79.0 Å². The number of benzene rings is 3. The lowest BCUT2D eigenvalue weighted by Crippen LogP contribution is -2.25. The molecule has 1 fully saturated rings. The van der Waals surface area contributed by atoms with Gasteiger partial charge in [-0.15, -0.1) is 0 Å². The van der Waals surface area contributed by atoms with Gasteiger partial charge in [0.05, 0.1) is 7.11 Å². The molecule has 4 aromatic rings. The summed E-state index contributed by atoms with van der Waals surface area (Å²) in [6, 6.07) is 25.6. The summed E-state index contributed by atoms with van der Waals surface area (Å²) in [6.45, 7) is 6.98. The van der Waals surface area contributed by atoms with Crippen LogP contribution in [0.1, 0.15) is 36.9 Å². The van der Waals surface area contributed by atoms with Crippen molar-refractivity contribution >= 4 is 10.8 Å². The molecule has 0 spiro atoms. The van der Waals surface area contributed by atoms with Crippen LogP contribution in [0.2, 0.25) is 0 Å². The number of rotatable bonds is 10. The fraction of sp³-hybridized carbons (Fsp3) is 0.323. The molecule has 0 amide bonds. The third-order valence-corrected chi connectivity index (χ3v) is 7.07. The maximum Gasteiger partial charge on any atom is 0.213 e. The molecule has 5 rings (SSSR count). The SMILES string of the molecule is COc1ccc(CN[C@H](C)c2cccc3ccccc23)cc1-c1ccc(OCCN2CCCC2)nc1. The van der Waals surface area contributed by atoms with Crippen molar-refractivity contribution in [2.45, 2.75) is 32.4 Å². The summed E-state index contributed by atoms with van der Waals surface area (Å²) in [4.78, 5) is 7.00. The Kier molecular flexibility index (Phi) is 7.79. The summed E-state index contributed by atoms with van der Waals surface area (Å²) in [7, 11) is 1.71. The molecule has 1 saturated heterocycles. The maximum absolute atomic E-state index is 5.88. The van der Waals surface area contributed by atoms with E-state index >= 15 is 0 Å². The first kappa shape index (κ1) is 24.3. The third-order valence-electron chi connectivity index (χ3n) is 7.07. The van der Waals surface area contributed by atoms with E-state index in [9.17, 15) is 0 Å². The minimum absolute atomic E-state index is 0.223. The predicted octanol–water partition coefficient (Wildman–Crippen LogP) is 6.24. The Morgan fingerprint density at radius 1 is 0.972 bits per heavy atom. The van der Waals surface area contributed by atoms with Gasteiger partial charge in [0.2, 0.25) is 5.88 Å². The Morgan fingerprint density at radius 3 is 2.61 bits per heavy atom. The first-order valence-corrected chi connectivity index (χ1v) is 12.9. The van der Waals surface area contributed by atoms with Crippen molar-refractivity contribution in [3.05, 3.63) is 90.1 Å². The van der Waals surface area contributed by atoms with Crippen LogP contribution in [0.5, 0.6) is 11.6 Å². The first-order valence-electron chi connectivity index (χ1n) is 12.9. The average molecular weight is 482 g/mol. The molecule has 1 aliphatic heterocycles. The maximum atomic E-state index is 5.88. The lowest BCUT2D eigenvalue weighted by Gasteiger charge is -2.18. The van der Waals surface area contributed by atoms with Crippen LogP contribution in [-0.4, -0.2) is 43.2 Å². The summed E-state index contributed by atoms with van der Waals surface area (Å²) >= 11 is 0. The molecule has 1 atom stereocenters. The summed E-state index contributed by atoms with van der Waals surface area (Å²) in [5, 5.41) is 6.26. The molecule has 1 aliphatic rings. The van der Waals surface area contributed by atoms with E-state index < -0.39 is 0 Å². The highest BCUT2D eigenvalue weighted by Gasteiger charge is 2.13. The highest BCUT2D eigenvalue weighted by atomic mass is 16.5. The van der Waals surface area contributed by atoms with E-state index in [2.05, 4.69) is 82.8 Å². The van der Waals surface area contributed by atoms with Gasteiger partial charge in [0.15, 0.2) is 0 Å². The minimum Gasteiger partial charge on any atom is -0.496 e. The van der Waals surface area contributed by atoms with E-state index in [1.807, 2.05) is 18.3 Å². The molecule has 5 nitrogen and oxygen atoms in total. The van der Waals surface area contributed by atoms with Crippen molar-refractivity contribution in [1.29, 1.82) is 0 Å². The Hall–Kier alpha value is -3.41. The number of methoxy groups -OCH3 is 1. The van der Waals surface area contributed by atoms with Gasteiger partial charge < -0.3 is 14.8 Å². The number of nitrogens with one attached hydrogen (secondary N) is 1. The van der Waals surface area contributed by atoms with Crippen LogP contribution >= 0.6 is 0 Å². The molecule has 1 aromatic heterocycles. The minimum atomic E-state index is 0.223. The van der Waals surface area contributed by atoms with Gasteiger partial charge in [-0.3, -0.25) is 4.90 Å². The molecule has 186 valence electrons. The van der Waals surface area contributed by atoms with E-state index in [-0.39, 0.29) is 6.04 Å². The fourth-order valence-electron chi connectivity index (χ4n) is 5.01. The van der Waals surface area contributed by atoms with Crippen molar-refractivity contribution in [2.75, 3.05) is 33.4 Å². The molecule has 0 unspecified atom stereocenters. The number of hydrogen-bond acceptors (Lipinski definition) is 5. The lowest BCUT2D eigenvalue weighted by molar-refractivity contribution is 0.232. The highest BCUT2D eigenvalue weighted by molar-refractivity contribution is 5.86.